The molecule has 0 bridgehead atoms. The first-order valence-corrected chi connectivity index (χ1v) is 10.0. The maximum Gasteiger partial charge on any atom is 0.495 e. The van der Waals surface area contributed by atoms with Crippen LogP contribution in [0.15, 0.2) is 29.3 Å². The van der Waals surface area contributed by atoms with Gasteiger partial charge in [0.1, 0.15) is 29.3 Å². The van der Waals surface area contributed by atoms with Crippen molar-refractivity contribution in [1.29, 1.82) is 10.5 Å². The second kappa shape index (κ2) is 7.41. The van der Waals surface area contributed by atoms with E-state index in [0.29, 0.717) is 11.4 Å². The quantitative estimate of drug-likeness (QED) is 0.312. The van der Waals surface area contributed by atoms with Crippen LogP contribution in [0.3, 0.4) is 0 Å². The number of hydrogen-bond donors (Lipinski definition) is 4. The third-order valence-corrected chi connectivity index (χ3v) is 6.16. The van der Waals surface area contributed by atoms with Crippen molar-refractivity contribution in [2.75, 3.05) is 16.8 Å². The average Bonchev–Trinajstić information content (AvgIpc) is 2.95. The molecule has 0 aliphatic carbocycles. The normalized spacial score (nSPS) is 20.4. The number of nitrogens with zero attached hydrogens (tertiary/aromatic N) is 4. The van der Waals surface area contributed by atoms with E-state index in [-0.39, 0.29) is 23.0 Å². The van der Waals surface area contributed by atoms with Crippen molar-refractivity contribution >= 4 is 35.9 Å². The van der Waals surface area contributed by atoms with Crippen molar-refractivity contribution in [2.24, 2.45) is 4.99 Å². The predicted molar refractivity (Wildman–Crippen MR) is 122 cm³/mol. The highest BCUT2D eigenvalue weighted by atomic mass is 16.7. The summed E-state index contributed by atoms with van der Waals surface area (Å²) >= 11 is 0. The van der Waals surface area contributed by atoms with Gasteiger partial charge in [0.05, 0.1) is 16.9 Å². The monoisotopic (exact) mass is 430 g/mol. The number of nitriles is 2. The van der Waals surface area contributed by atoms with Gasteiger partial charge < -0.3 is 26.1 Å². The smallest absolute Gasteiger partial charge is 0.399 e. The molecule has 6 N–H and O–H groups in total. The summed E-state index contributed by atoms with van der Waals surface area (Å²) in [6.45, 7) is 7.91. The summed E-state index contributed by atoms with van der Waals surface area (Å²) in [7, 11) is -0.643. The molecule has 3 heterocycles. The molecule has 0 saturated carbocycles. The summed E-state index contributed by atoms with van der Waals surface area (Å²) in [5.74, 6) is 0.498. The Morgan fingerprint density at radius 2 is 1.78 bits per heavy atom. The number of benzene rings is 1. The van der Waals surface area contributed by atoms with Crippen LogP contribution < -0.4 is 27.6 Å². The molecule has 0 amide bonds. The van der Waals surface area contributed by atoms with Gasteiger partial charge in [0.2, 0.25) is 5.96 Å². The first kappa shape index (κ1) is 21.4. The van der Waals surface area contributed by atoms with Gasteiger partial charge in [-0.05, 0) is 38.7 Å². The number of nitrogen functional groups attached to an aromatic ring is 2. The van der Waals surface area contributed by atoms with E-state index in [1.54, 1.807) is 0 Å². The van der Waals surface area contributed by atoms with Crippen molar-refractivity contribution in [1.82, 2.24) is 10.3 Å². The number of guanidine groups is 1. The van der Waals surface area contributed by atoms with Crippen LogP contribution in [-0.4, -0.2) is 29.3 Å². The van der Waals surface area contributed by atoms with Crippen molar-refractivity contribution in [3.63, 3.8) is 0 Å². The molecule has 1 unspecified atom stereocenters. The van der Waals surface area contributed by atoms with E-state index >= 15 is 0 Å². The van der Waals surface area contributed by atoms with Gasteiger partial charge in [-0.1, -0.05) is 24.3 Å². The number of pyridine rings is 1. The van der Waals surface area contributed by atoms with Crippen molar-refractivity contribution < 1.29 is 9.31 Å². The Morgan fingerprint density at radius 1 is 1.12 bits per heavy atom. The number of aromatic nitrogens is 1. The predicted octanol–water partition coefficient (Wildman–Crippen LogP) is 1.36. The zero-order valence-corrected chi connectivity index (χ0v) is 18.2. The van der Waals surface area contributed by atoms with Crippen molar-refractivity contribution in [3.8, 4) is 12.3 Å². The van der Waals surface area contributed by atoms with Crippen LogP contribution in [-0.2, 0) is 9.31 Å². The first-order valence-electron chi connectivity index (χ1n) is 10.0. The molecule has 1 atom stereocenters. The fraction of sp³-hybridized carbons (Fsp3) is 0.333. The fourth-order valence-electron chi connectivity index (χ4n) is 3.75. The number of aliphatic imine (C=N–C) groups is 1. The van der Waals surface area contributed by atoms with Gasteiger partial charge in [-0.15, -0.1) is 0 Å². The van der Waals surface area contributed by atoms with E-state index in [1.165, 1.54) is 0 Å². The van der Waals surface area contributed by atoms with Crippen molar-refractivity contribution in [3.05, 3.63) is 41.0 Å². The maximum atomic E-state index is 9.53. The van der Waals surface area contributed by atoms with Gasteiger partial charge in [-0.25, -0.2) is 9.98 Å². The van der Waals surface area contributed by atoms with Crippen LogP contribution in [0.2, 0.25) is 0 Å². The maximum absolute atomic E-state index is 9.53. The highest BCUT2D eigenvalue weighted by Crippen LogP contribution is 2.41. The number of nitrogens with one attached hydrogen (secondary N) is 2. The van der Waals surface area contributed by atoms with Crippen LogP contribution in [0.1, 0.15) is 50.4 Å². The zero-order valence-electron chi connectivity index (χ0n) is 18.2. The first-order chi connectivity index (χ1) is 15.1. The third-order valence-electron chi connectivity index (χ3n) is 6.16. The molecule has 2 aliphatic rings. The second-order valence-corrected chi connectivity index (χ2v) is 8.62. The minimum Gasteiger partial charge on any atom is -0.399 e. The molecule has 1 aromatic carbocycles. The lowest BCUT2D eigenvalue weighted by molar-refractivity contribution is 0.00578. The SMILES string of the molecule is CC1(C)OB(c2ccccc2C2N=C(NC#N)Nc3nc(N)c(C#N)c(N)c32)OC1(C)C. The zero-order chi connectivity index (χ0) is 23.3. The molecule has 11 heteroatoms. The largest absolute Gasteiger partial charge is 0.495 e. The van der Waals surface area contributed by atoms with Crippen LogP contribution >= 0.6 is 0 Å². The molecule has 4 rings (SSSR count). The Balaban J connectivity index is 1.90. The molecule has 1 saturated heterocycles. The molecule has 1 aromatic heterocycles. The summed E-state index contributed by atoms with van der Waals surface area (Å²) in [5, 5.41) is 24.1. The third kappa shape index (κ3) is 3.28. The Kier molecular flexibility index (Phi) is 4.97. The van der Waals surface area contributed by atoms with Crippen LogP contribution in [0.5, 0.6) is 0 Å². The summed E-state index contributed by atoms with van der Waals surface area (Å²) < 4.78 is 12.5. The molecule has 10 nitrogen and oxygen atoms in total. The van der Waals surface area contributed by atoms with Gasteiger partial charge in [-0.2, -0.15) is 10.5 Å². The van der Waals surface area contributed by atoms with E-state index in [1.807, 2.05) is 64.2 Å². The van der Waals surface area contributed by atoms with Gasteiger partial charge in [0.25, 0.3) is 0 Å². The van der Waals surface area contributed by atoms with Gasteiger partial charge in [0, 0.05) is 5.56 Å². The minimum atomic E-state index is -0.683. The summed E-state index contributed by atoms with van der Waals surface area (Å²) in [6.07, 6.45) is 1.85. The molecule has 1 fully saturated rings. The van der Waals surface area contributed by atoms with E-state index in [0.717, 1.165) is 11.0 Å². The Bertz CT molecular complexity index is 1200. The van der Waals surface area contributed by atoms with Crippen LogP contribution in [0.4, 0.5) is 17.3 Å². The van der Waals surface area contributed by atoms with E-state index < -0.39 is 24.4 Å². The number of rotatable bonds is 2. The molecule has 0 spiro atoms. The molecule has 2 aliphatic heterocycles. The lowest BCUT2D eigenvalue weighted by Gasteiger charge is -2.32. The Hall–Kier alpha value is -3.80. The minimum absolute atomic E-state index is 0.00699. The standard InChI is InChI=1S/C21H23BN8O2/c1-20(2)21(3,4)32-22(31-20)13-8-6-5-7-11(13)16-14-15(25)12(9-23)17(26)29-18(14)30-19(28-16)27-10-24/h5-8,16H,1-4H3,(H6,25,26,27,28,29,30). The second-order valence-electron chi connectivity index (χ2n) is 8.62. The molecular formula is C21H23BN8O2. The molecule has 162 valence electrons. The summed E-state index contributed by atoms with van der Waals surface area (Å²) in [4.78, 5) is 8.94. The highest BCUT2D eigenvalue weighted by molar-refractivity contribution is 6.62. The van der Waals surface area contributed by atoms with Crippen LogP contribution in [0, 0.1) is 22.8 Å². The Labute approximate surface area is 186 Å². The number of fused-ring (bicyclic) bond motifs is 1. The molecular weight excluding hydrogens is 407 g/mol. The fourth-order valence-corrected chi connectivity index (χ4v) is 3.75. The van der Waals surface area contributed by atoms with E-state index in [2.05, 4.69) is 20.6 Å². The lowest BCUT2D eigenvalue weighted by Crippen LogP contribution is -2.41. The lowest BCUT2D eigenvalue weighted by atomic mass is 9.73. The van der Waals surface area contributed by atoms with E-state index in [4.69, 9.17) is 26.0 Å². The number of anilines is 3. The van der Waals surface area contributed by atoms with Crippen LogP contribution in [0.25, 0.3) is 0 Å². The average molecular weight is 430 g/mol. The summed E-state index contributed by atoms with van der Waals surface area (Å²) in [5.41, 5.74) is 13.5. The van der Waals surface area contributed by atoms with Gasteiger partial charge in [-0.3, -0.25) is 5.32 Å². The Morgan fingerprint density at radius 3 is 2.41 bits per heavy atom. The molecule has 2 aromatic rings. The van der Waals surface area contributed by atoms with Gasteiger partial charge in [0.15, 0.2) is 6.19 Å². The summed E-state index contributed by atoms with van der Waals surface area (Å²) in [6, 6.07) is 8.86. The van der Waals surface area contributed by atoms with E-state index in [9.17, 15) is 5.26 Å². The molecule has 0 radical (unpaired) electrons. The van der Waals surface area contributed by atoms with Gasteiger partial charge >= 0.3 is 7.12 Å². The number of hydrogen-bond acceptors (Lipinski definition) is 10. The number of nitrogens with two attached hydrogens (primary N) is 2. The molecule has 32 heavy (non-hydrogen) atoms. The van der Waals surface area contributed by atoms with Crippen molar-refractivity contribution in [2.45, 2.75) is 44.9 Å². The topological polar surface area (TPSA) is 167 Å². The highest BCUT2D eigenvalue weighted by Gasteiger charge is 2.52.